The lowest BCUT2D eigenvalue weighted by Gasteiger charge is -2.18. The summed E-state index contributed by atoms with van der Waals surface area (Å²) in [5.74, 6) is 2.26. The van der Waals surface area contributed by atoms with Gasteiger partial charge in [-0.25, -0.2) is 0 Å². The molecule has 1 aromatic heterocycles. The smallest absolute Gasteiger partial charge is 0.232 e. The number of aromatic hydroxyl groups is 1. The molecule has 1 unspecified atom stereocenters. The summed E-state index contributed by atoms with van der Waals surface area (Å²) in [5.41, 5.74) is 0.767. The molecule has 0 aliphatic carbocycles. The predicted octanol–water partition coefficient (Wildman–Crippen LogP) is 2.17. The van der Waals surface area contributed by atoms with E-state index in [1.807, 2.05) is 18.7 Å². The molecular formula is C9H14N2OS. The lowest BCUT2D eigenvalue weighted by molar-refractivity contribution is 0.449. The van der Waals surface area contributed by atoms with Gasteiger partial charge in [0, 0.05) is 0 Å². The van der Waals surface area contributed by atoms with Crippen LogP contribution in [0, 0.1) is 6.92 Å². The average Bonchev–Trinajstić information content (AvgIpc) is 2.62. The molecule has 0 amide bonds. The van der Waals surface area contributed by atoms with E-state index in [2.05, 4.69) is 16.9 Å². The second-order valence-electron chi connectivity index (χ2n) is 3.72. The second kappa shape index (κ2) is 2.94. The van der Waals surface area contributed by atoms with Gasteiger partial charge in [0.25, 0.3) is 0 Å². The largest absolute Gasteiger partial charge is 0.492 e. The van der Waals surface area contributed by atoms with Crippen molar-refractivity contribution < 1.29 is 5.11 Å². The first-order valence-electron chi connectivity index (χ1n) is 4.52. The van der Waals surface area contributed by atoms with Gasteiger partial charge in [-0.1, -0.05) is 0 Å². The molecule has 72 valence electrons. The molecule has 1 saturated heterocycles. The van der Waals surface area contributed by atoms with E-state index >= 15 is 0 Å². The van der Waals surface area contributed by atoms with Gasteiger partial charge in [0.15, 0.2) is 0 Å². The first-order chi connectivity index (χ1) is 6.12. The van der Waals surface area contributed by atoms with Gasteiger partial charge in [-0.15, -0.1) is 11.8 Å². The van der Waals surface area contributed by atoms with E-state index in [-0.39, 0.29) is 10.6 Å². The van der Waals surface area contributed by atoms with E-state index in [9.17, 15) is 5.11 Å². The number of aromatic nitrogens is 2. The molecular weight excluding hydrogens is 184 g/mol. The zero-order valence-electron chi connectivity index (χ0n) is 7.92. The maximum Gasteiger partial charge on any atom is 0.232 e. The third kappa shape index (κ3) is 1.43. The number of imidazole rings is 1. The molecule has 3 nitrogen and oxygen atoms in total. The van der Waals surface area contributed by atoms with Gasteiger partial charge in [0.2, 0.25) is 5.88 Å². The zero-order valence-corrected chi connectivity index (χ0v) is 8.74. The molecule has 1 aliphatic rings. The first-order valence-corrected chi connectivity index (χ1v) is 5.50. The van der Waals surface area contributed by atoms with Crippen molar-refractivity contribution in [1.82, 2.24) is 9.97 Å². The van der Waals surface area contributed by atoms with E-state index in [0.29, 0.717) is 0 Å². The van der Waals surface area contributed by atoms with Crippen LogP contribution in [-0.2, 0) is 4.75 Å². The number of rotatable bonds is 1. The molecule has 0 saturated carbocycles. The van der Waals surface area contributed by atoms with Crippen LogP contribution in [0.5, 0.6) is 5.88 Å². The Morgan fingerprint density at radius 3 is 2.85 bits per heavy atom. The first kappa shape index (κ1) is 8.94. The van der Waals surface area contributed by atoms with Gasteiger partial charge in [0.05, 0.1) is 10.4 Å². The van der Waals surface area contributed by atoms with E-state index in [1.54, 1.807) is 0 Å². The number of hydrogen-bond acceptors (Lipinski definition) is 3. The van der Waals surface area contributed by atoms with E-state index < -0.39 is 0 Å². The summed E-state index contributed by atoms with van der Waals surface area (Å²) >= 11 is 1.91. The van der Waals surface area contributed by atoms with Crippen molar-refractivity contribution in [3.8, 4) is 5.88 Å². The Kier molecular flexibility index (Phi) is 2.02. The van der Waals surface area contributed by atoms with Gasteiger partial charge in [0.1, 0.15) is 5.82 Å². The fraction of sp³-hybridized carbons (Fsp3) is 0.667. The molecule has 1 atom stereocenters. The molecule has 2 N–H and O–H groups in total. The van der Waals surface area contributed by atoms with Crippen molar-refractivity contribution in [1.29, 1.82) is 0 Å². The number of nitrogens with one attached hydrogen (secondary N) is 1. The lowest BCUT2D eigenvalue weighted by atomic mass is 10.1. The van der Waals surface area contributed by atoms with E-state index in [4.69, 9.17) is 0 Å². The molecule has 2 rings (SSSR count). The minimum absolute atomic E-state index is 0.0890. The Morgan fingerprint density at radius 2 is 2.38 bits per heavy atom. The molecule has 4 heteroatoms. The SMILES string of the molecule is Cc1[nH]c(C2(C)CCCS2)nc1O. The average molecular weight is 198 g/mol. The van der Waals surface area contributed by atoms with Crippen molar-refractivity contribution in [2.45, 2.75) is 31.4 Å². The van der Waals surface area contributed by atoms with Crippen LogP contribution in [0.15, 0.2) is 0 Å². The van der Waals surface area contributed by atoms with Crippen LogP contribution in [-0.4, -0.2) is 20.8 Å². The van der Waals surface area contributed by atoms with Gasteiger partial charge in [-0.3, -0.25) is 0 Å². The molecule has 1 fully saturated rings. The third-order valence-corrected chi connectivity index (χ3v) is 4.11. The van der Waals surface area contributed by atoms with Crippen molar-refractivity contribution >= 4 is 11.8 Å². The van der Waals surface area contributed by atoms with Gasteiger partial charge >= 0.3 is 0 Å². The fourth-order valence-electron chi connectivity index (χ4n) is 1.67. The normalized spacial score (nSPS) is 28.2. The molecule has 0 aromatic carbocycles. The van der Waals surface area contributed by atoms with Crippen LogP contribution in [0.2, 0.25) is 0 Å². The Morgan fingerprint density at radius 1 is 1.62 bits per heavy atom. The maximum atomic E-state index is 9.36. The summed E-state index contributed by atoms with van der Waals surface area (Å²) in [6.45, 7) is 4.02. The Balaban J connectivity index is 2.34. The summed E-state index contributed by atoms with van der Waals surface area (Å²) in [4.78, 5) is 7.29. The van der Waals surface area contributed by atoms with Gasteiger partial charge in [-0.05, 0) is 32.4 Å². The highest BCUT2D eigenvalue weighted by Crippen LogP contribution is 2.45. The monoisotopic (exact) mass is 198 g/mol. The number of thioether (sulfide) groups is 1. The lowest BCUT2D eigenvalue weighted by Crippen LogP contribution is -2.14. The number of H-pyrrole nitrogens is 1. The van der Waals surface area contributed by atoms with Crippen LogP contribution < -0.4 is 0 Å². The van der Waals surface area contributed by atoms with Gasteiger partial charge in [-0.2, -0.15) is 4.98 Å². The Hall–Kier alpha value is -0.640. The topological polar surface area (TPSA) is 48.9 Å². The number of hydrogen-bond donors (Lipinski definition) is 2. The van der Waals surface area contributed by atoms with Crippen LogP contribution in [0.1, 0.15) is 31.3 Å². The summed E-state index contributed by atoms with van der Waals surface area (Å²) in [6.07, 6.45) is 2.38. The summed E-state index contributed by atoms with van der Waals surface area (Å²) < 4.78 is 0.0890. The molecule has 13 heavy (non-hydrogen) atoms. The van der Waals surface area contributed by atoms with Crippen LogP contribution in [0.3, 0.4) is 0 Å². The second-order valence-corrected chi connectivity index (χ2v) is 5.31. The minimum Gasteiger partial charge on any atom is -0.492 e. The van der Waals surface area contributed by atoms with Crippen molar-refractivity contribution in [3.63, 3.8) is 0 Å². The highest BCUT2D eigenvalue weighted by Gasteiger charge is 2.34. The molecule has 1 aliphatic heterocycles. The fourth-order valence-corrected chi connectivity index (χ4v) is 2.93. The molecule has 0 bridgehead atoms. The Bertz CT molecular complexity index is 296. The number of nitrogens with zero attached hydrogens (tertiary/aromatic N) is 1. The number of aromatic amines is 1. The Labute approximate surface area is 82.0 Å². The molecule has 0 radical (unpaired) electrons. The predicted molar refractivity (Wildman–Crippen MR) is 54.0 cm³/mol. The maximum absolute atomic E-state index is 9.36. The summed E-state index contributed by atoms with van der Waals surface area (Å²) in [7, 11) is 0. The van der Waals surface area contributed by atoms with Crippen molar-refractivity contribution in [2.75, 3.05) is 5.75 Å². The van der Waals surface area contributed by atoms with Gasteiger partial charge < -0.3 is 10.1 Å². The third-order valence-electron chi connectivity index (χ3n) is 2.58. The highest BCUT2D eigenvalue weighted by atomic mass is 32.2. The summed E-state index contributed by atoms with van der Waals surface area (Å²) in [5, 5.41) is 9.36. The van der Waals surface area contributed by atoms with Crippen LogP contribution in [0.25, 0.3) is 0 Å². The molecule has 2 heterocycles. The summed E-state index contributed by atoms with van der Waals surface area (Å²) in [6, 6.07) is 0. The minimum atomic E-state index is 0.0890. The van der Waals surface area contributed by atoms with E-state index in [1.165, 1.54) is 12.2 Å². The zero-order chi connectivity index (χ0) is 9.47. The van der Waals surface area contributed by atoms with Crippen LogP contribution in [0.4, 0.5) is 0 Å². The molecule has 1 aromatic rings. The van der Waals surface area contributed by atoms with Crippen molar-refractivity contribution in [2.24, 2.45) is 0 Å². The highest BCUT2D eigenvalue weighted by molar-refractivity contribution is 8.00. The van der Waals surface area contributed by atoms with Crippen LogP contribution >= 0.6 is 11.8 Å². The quantitative estimate of drug-likeness (QED) is 0.727. The molecule has 0 spiro atoms. The number of aryl methyl sites for hydroxylation is 1. The standard InChI is InChI=1S/C9H14N2OS/c1-6-7(12)11-8(10-6)9(2)4-3-5-13-9/h12H,3-5H2,1-2H3,(H,10,11). The van der Waals surface area contributed by atoms with Crippen molar-refractivity contribution in [3.05, 3.63) is 11.5 Å². The van der Waals surface area contributed by atoms with E-state index in [0.717, 1.165) is 17.9 Å².